The normalized spacial score (nSPS) is 11.5. The highest BCUT2D eigenvalue weighted by Gasteiger charge is 2.30. The molecule has 3 rings (SSSR count). The average molecular weight is 448 g/mol. The molecule has 0 atom stereocenters. The zero-order valence-electron chi connectivity index (χ0n) is 16.5. The van der Waals surface area contributed by atoms with Crippen LogP contribution >= 0.6 is 11.9 Å². The smallest absolute Gasteiger partial charge is 0.416 e. The molecule has 0 aliphatic rings. The molecule has 1 N–H and O–H groups in total. The summed E-state index contributed by atoms with van der Waals surface area (Å²) in [6, 6.07) is 13.7. The van der Waals surface area contributed by atoms with Gasteiger partial charge in [-0.2, -0.15) is 13.2 Å². The van der Waals surface area contributed by atoms with Gasteiger partial charge in [0.1, 0.15) is 5.75 Å². The van der Waals surface area contributed by atoms with E-state index < -0.39 is 24.3 Å². The van der Waals surface area contributed by atoms with Gasteiger partial charge in [0.25, 0.3) is 0 Å². The Morgan fingerprint density at radius 2 is 1.97 bits per heavy atom. The highest BCUT2D eigenvalue weighted by molar-refractivity contribution is 7.97. The van der Waals surface area contributed by atoms with Gasteiger partial charge in [-0.1, -0.05) is 18.2 Å². The summed E-state index contributed by atoms with van der Waals surface area (Å²) in [5, 5.41) is 8.91. The van der Waals surface area contributed by atoms with Crippen molar-refractivity contribution in [2.45, 2.75) is 17.6 Å². The molecule has 0 fully saturated rings. The van der Waals surface area contributed by atoms with Crippen LogP contribution in [-0.2, 0) is 17.5 Å². The summed E-state index contributed by atoms with van der Waals surface area (Å²) in [5.41, 5.74) is 0.724. The molecule has 0 saturated carbocycles. The number of carboxylic acid groups (broad SMARTS) is 1. The zero-order chi connectivity index (χ0) is 22.4. The van der Waals surface area contributed by atoms with Crippen molar-refractivity contribution >= 4 is 17.9 Å². The maximum absolute atomic E-state index is 13.2. The van der Waals surface area contributed by atoms with Gasteiger partial charge in [-0.05, 0) is 66.5 Å². The standard InChI is InChI=1S/C22H19F3N2O3S/c1-27(31-18-6-3-9-26-12-18)13-15-7-8-20(30-14-21(28)29)19(10-15)16-4-2-5-17(11-16)22(23,24)25/h2-12H,13-14H2,1H3,(H,28,29). The molecule has 0 spiro atoms. The predicted molar refractivity (Wildman–Crippen MR) is 112 cm³/mol. The summed E-state index contributed by atoms with van der Waals surface area (Å²) >= 11 is 1.48. The van der Waals surface area contributed by atoms with Crippen LogP contribution in [-0.4, -0.2) is 34.0 Å². The maximum atomic E-state index is 13.2. The van der Waals surface area contributed by atoms with E-state index in [-0.39, 0.29) is 5.75 Å². The molecule has 5 nitrogen and oxygen atoms in total. The minimum atomic E-state index is -4.49. The molecule has 0 saturated heterocycles. The first-order valence-corrected chi connectivity index (χ1v) is 9.94. The summed E-state index contributed by atoms with van der Waals surface area (Å²) in [5.74, 6) is -0.972. The second-order valence-electron chi connectivity index (χ2n) is 6.66. The molecule has 162 valence electrons. The third-order valence-electron chi connectivity index (χ3n) is 4.20. The van der Waals surface area contributed by atoms with Gasteiger partial charge in [0.2, 0.25) is 0 Å². The Kier molecular flexibility index (Phi) is 7.19. The van der Waals surface area contributed by atoms with Crippen molar-refractivity contribution in [3.63, 3.8) is 0 Å². The molecular weight excluding hydrogens is 429 g/mol. The Morgan fingerprint density at radius 1 is 1.16 bits per heavy atom. The van der Waals surface area contributed by atoms with Crippen LogP contribution in [0.15, 0.2) is 71.9 Å². The summed E-state index contributed by atoms with van der Waals surface area (Å²) in [7, 11) is 1.89. The topological polar surface area (TPSA) is 62.7 Å². The quantitative estimate of drug-likeness (QED) is 0.468. The largest absolute Gasteiger partial charge is 0.481 e. The molecule has 0 radical (unpaired) electrons. The summed E-state index contributed by atoms with van der Waals surface area (Å²) < 4.78 is 46.8. The third kappa shape index (κ3) is 6.47. The molecule has 2 aromatic carbocycles. The molecule has 0 amide bonds. The van der Waals surface area contributed by atoms with E-state index in [9.17, 15) is 18.0 Å². The van der Waals surface area contributed by atoms with Crippen LogP contribution in [0.4, 0.5) is 13.2 Å². The molecule has 31 heavy (non-hydrogen) atoms. The minimum Gasteiger partial charge on any atom is -0.481 e. The van der Waals surface area contributed by atoms with Crippen LogP contribution in [0.2, 0.25) is 0 Å². The van der Waals surface area contributed by atoms with E-state index in [4.69, 9.17) is 9.84 Å². The fraction of sp³-hybridized carbons (Fsp3) is 0.182. The number of hydrogen-bond donors (Lipinski definition) is 1. The average Bonchev–Trinajstić information content (AvgIpc) is 2.73. The zero-order valence-corrected chi connectivity index (χ0v) is 17.3. The monoisotopic (exact) mass is 448 g/mol. The van der Waals surface area contributed by atoms with Gasteiger partial charge in [0.05, 0.1) is 5.56 Å². The SMILES string of the molecule is CN(Cc1ccc(OCC(=O)O)c(-c2cccc(C(F)(F)F)c2)c1)Sc1cccnc1. The fourth-order valence-electron chi connectivity index (χ4n) is 2.90. The lowest BCUT2D eigenvalue weighted by Gasteiger charge is -2.18. The first-order chi connectivity index (χ1) is 14.7. The Bertz CT molecular complexity index is 1050. The molecule has 0 aliphatic heterocycles. The van der Waals surface area contributed by atoms with Crippen LogP contribution in [0.1, 0.15) is 11.1 Å². The van der Waals surface area contributed by atoms with Gasteiger partial charge >= 0.3 is 12.1 Å². The number of benzene rings is 2. The highest BCUT2D eigenvalue weighted by atomic mass is 32.2. The van der Waals surface area contributed by atoms with Gasteiger partial charge in [0, 0.05) is 29.4 Å². The lowest BCUT2D eigenvalue weighted by molar-refractivity contribution is -0.139. The Hall–Kier alpha value is -3.04. The second-order valence-corrected chi connectivity index (χ2v) is 7.93. The second kappa shape index (κ2) is 9.84. The lowest BCUT2D eigenvalue weighted by atomic mass is 9.99. The van der Waals surface area contributed by atoms with E-state index in [0.29, 0.717) is 17.7 Å². The van der Waals surface area contributed by atoms with Crippen molar-refractivity contribution in [3.8, 4) is 16.9 Å². The predicted octanol–water partition coefficient (Wildman–Crippen LogP) is 5.37. The first-order valence-electron chi connectivity index (χ1n) is 9.16. The molecule has 0 bridgehead atoms. The summed E-state index contributed by atoms with van der Waals surface area (Å²) in [6.07, 6.45) is -1.07. The number of ether oxygens (including phenoxy) is 1. The number of aliphatic carboxylic acids is 1. The minimum absolute atomic E-state index is 0.202. The Morgan fingerprint density at radius 3 is 2.65 bits per heavy atom. The highest BCUT2D eigenvalue weighted by Crippen LogP contribution is 2.36. The summed E-state index contributed by atoms with van der Waals surface area (Å²) in [6.45, 7) is -0.104. The lowest BCUT2D eigenvalue weighted by Crippen LogP contribution is -2.11. The number of hydrogen-bond acceptors (Lipinski definition) is 5. The molecule has 3 aromatic rings. The van der Waals surface area contributed by atoms with Crippen molar-refractivity contribution in [2.24, 2.45) is 0 Å². The van der Waals surface area contributed by atoms with Crippen molar-refractivity contribution < 1.29 is 27.8 Å². The maximum Gasteiger partial charge on any atom is 0.416 e. The number of carboxylic acids is 1. The van der Waals surface area contributed by atoms with Gasteiger partial charge in [-0.3, -0.25) is 4.98 Å². The molecule has 0 aliphatic carbocycles. The molecule has 1 aromatic heterocycles. The van der Waals surface area contributed by atoms with Crippen LogP contribution in [0.5, 0.6) is 5.75 Å². The van der Waals surface area contributed by atoms with E-state index in [2.05, 4.69) is 4.98 Å². The van der Waals surface area contributed by atoms with E-state index >= 15 is 0 Å². The van der Waals surface area contributed by atoms with E-state index in [0.717, 1.165) is 22.6 Å². The first kappa shape index (κ1) is 22.6. The van der Waals surface area contributed by atoms with Crippen molar-refractivity contribution in [1.82, 2.24) is 9.29 Å². The van der Waals surface area contributed by atoms with Crippen molar-refractivity contribution in [1.29, 1.82) is 0 Å². The van der Waals surface area contributed by atoms with Crippen LogP contribution in [0.3, 0.4) is 0 Å². The van der Waals surface area contributed by atoms with Crippen molar-refractivity contribution in [3.05, 3.63) is 78.1 Å². The fourth-order valence-corrected chi connectivity index (χ4v) is 3.72. The number of rotatable bonds is 8. The number of alkyl halides is 3. The molecule has 9 heteroatoms. The van der Waals surface area contributed by atoms with Gasteiger partial charge in [0.15, 0.2) is 6.61 Å². The number of pyridine rings is 1. The van der Waals surface area contributed by atoms with E-state index in [1.165, 1.54) is 24.1 Å². The van der Waals surface area contributed by atoms with Crippen LogP contribution < -0.4 is 4.74 Å². The summed E-state index contributed by atoms with van der Waals surface area (Å²) in [4.78, 5) is 15.9. The van der Waals surface area contributed by atoms with Gasteiger partial charge in [-0.15, -0.1) is 0 Å². The Balaban J connectivity index is 1.90. The van der Waals surface area contributed by atoms with Crippen LogP contribution in [0.25, 0.3) is 11.1 Å². The number of carbonyl (C=O) groups is 1. The molecule has 1 heterocycles. The number of aromatic nitrogens is 1. The van der Waals surface area contributed by atoms with E-state index in [1.54, 1.807) is 30.6 Å². The number of halogens is 3. The van der Waals surface area contributed by atoms with Crippen LogP contribution in [0, 0.1) is 0 Å². The molecular formula is C22H19F3N2O3S. The Labute approximate surface area is 181 Å². The number of nitrogens with zero attached hydrogens (tertiary/aromatic N) is 2. The van der Waals surface area contributed by atoms with Gasteiger partial charge < -0.3 is 9.84 Å². The molecule has 0 unspecified atom stereocenters. The van der Waals surface area contributed by atoms with Crippen molar-refractivity contribution in [2.75, 3.05) is 13.7 Å². The van der Waals surface area contributed by atoms with E-state index in [1.807, 2.05) is 23.5 Å². The van der Waals surface area contributed by atoms with Gasteiger partial charge in [-0.25, -0.2) is 9.10 Å². The third-order valence-corrected chi connectivity index (χ3v) is 5.09.